The van der Waals surface area contributed by atoms with Crippen molar-refractivity contribution in [3.63, 3.8) is 0 Å². The van der Waals surface area contributed by atoms with Crippen molar-refractivity contribution >= 4 is 15.9 Å². The quantitative estimate of drug-likeness (QED) is 0.683. The number of hydrogen-bond acceptors (Lipinski definition) is 7. The molecule has 1 aromatic heterocycles. The normalized spacial score (nSPS) is 20.3. The molecule has 31 heavy (non-hydrogen) atoms. The molecule has 10 heteroatoms. The minimum Gasteiger partial charge on any atom is -0.377 e. The van der Waals surface area contributed by atoms with Gasteiger partial charge in [-0.15, -0.1) is 0 Å². The second kappa shape index (κ2) is 9.47. The van der Waals surface area contributed by atoms with Crippen LogP contribution in [0.2, 0.25) is 0 Å². The Kier molecular flexibility index (Phi) is 6.71. The summed E-state index contributed by atoms with van der Waals surface area (Å²) in [7, 11) is -3.70. The number of carbonyl (C=O) groups excluding carboxylic acids is 1. The first-order chi connectivity index (χ1) is 14.9. The Morgan fingerprint density at radius 2 is 2.03 bits per heavy atom. The Bertz CT molecular complexity index is 1010. The molecule has 0 radical (unpaired) electrons. The highest BCUT2D eigenvalue weighted by molar-refractivity contribution is 7.89. The largest absolute Gasteiger partial charge is 0.377 e. The zero-order valence-electron chi connectivity index (χ0n) is 17.6. The lowest BCUT2D eigenvalue weighted by Gasteiger charge is -2.34. The summed E-state index contributed by atoms with van der Waals surface area (Å²) in [4.78, 5) is 17.0. The number of amides is 1. The number of benzene rings is 1. The van der Waals surface area contributed by atoms with Crippen LogP contribution in [0.5, 0.6) is 0 Å². The lowest BCUT2D eigenvalue weighted by atomic mass is 10.2. The predicted molar refractivity (Wildman–Crippen MR) is 113 cm³/mol. The van der Waals surface area contributed by atoms with E-state index >= 15 is 0 Å². The molecule has 0 bridgehead atoms. The second-order valence-corrected chi connectivity index (χ2v) is 9.78. The van der Waals surface area contributed by atoms with Crippen molar-refractivity contribution in [3.8, 4) is 0 Å². The van der Waals surface area contributed by atoms with Crippen LogP contribution in [0.1, 0.15) is 34.7 Å². The number of piperazine rings is 1. The first-order valence-electron chi connectivity index (χ1n) is 10.6. The Morgan fingerprint density at radius 1 is 1.23 bits per heavy atom. The molecule has 3 heterocycles. The molecular weight excluding hydrogens is 420 g/mol. The van der Waals surface area contributed by atoms with Gasteiger partial charge in [0, 0.05) is 51.0 Å². The van der Waals surface area contributed by atoms with Crippen LogP contribution in [-0.4, -0.2) is 74.7 Å². The van der Waals surface area contributed by atoms with Gasteiger partial charge in [0.25, 0.3) is 5.91 Å². The Labute approximate surface area is 182 Å². The molecule has 0 spiro atoms. The Hall–Kier alpha value is -2.27. The average molecular weight is 449 g/mol. The number of hydrogen-bond donors (Lipinski definition) is 1. The molecule has 1 unspecified atom stereocenters. The Morgan fingerprint density at radius 3 is 2.71 bits per heavy atom. The highest BCUT2D eigenvalue weighted by Crippen LogP contribution is 2.17. The van der Waals surface area contributed by atoms with Crippen molar-refractivity contribution in [2.45, 2.75) is 37.3 Å². The number of rotatable bonds is 7. The van der Waals surface area contributed by atoms with E-state index in [1.807, 2.05) is 13.0 Å². The minimum atomic E-state index is -3.70. The summed E-state index contributed by atoms with van der Waals surface area (Å²) in [5, 5.41) is 3.90. The topological polar surface area (TPSA) is 105 Å². The lowest BCUT2D eigenvalue weighted by Crippen LogP contribution is -2.48. The van der Waals surface area contributed by atoms with Gasteiger partial charge in [0.1, 0.15) is 0 Å². The molecule has 2 saturated heterocycles. The van der Waals surface area contributed by atoms with E-state index in [-0.39, 0.29) is 23.5 Å². The van der Waals surface area contributed by atoms with Crippen molar-refractivity contribution in [2.75, 3.05) is 39.3 Å². The lowest BCUT2D eigenvalue weighted by molar-refractivity contribution is 0.0617. The molecule has 9 nitrogen and oxygen atoms in total. The molecular formula is C21H28N4O5S. The fourth-order valence-electron chi connectivity index (χ4n) is 3.89. The third kappa shape index (κ3) is 5.51. The van der Waals surface area contributed by atoms with Crippen LogP contribution in [0.15, 0.2) is 39.8 Å². The standard InChI is InChI=1S/C21H28N4O5S/c1-16-12-19(30-23-16)15-24-7-9-25(10-8-24)21(26)17-4-2-6-20(13-17)31(27,28)22-14-18-5-3-11-29-18/h2,4,6,12-13,18,22H,3,5,7-11,14-15H2,1H3. The van der Waals surface area contributed by atoms with E-state index in [1.54, 1.807) is 17.0 Å². The summed E-state index contributed by atoms with van der Waals surface area (Å²) in [6.07, 6.45) is 1.71. The summed E-state index contributed by atoms with van der Waals surface area (Å²) < 4.78 is 38.6. The summed E-state index contributed by atoms with van der Waals surface area (Å²) in [6.45, 7) is 6.02. The van der Waals surface area contributed by atoms with Crippen molar-refractivity contribution in [2.24, 2.45) is 0 Å². The molecule has 4 rings (SSSR count). The van der Waals surface area contributed by atoms with Gasteiger partial charge in [-0.05, 0) is 38.0 Å². The van der Waals surface area contributed by atoms with E-state index in [2.05, 4.69) is 14.8 Å². The van der Waals surface area contributed by atoms with E-state index < -0.39 is 10.0 Å². The molecule has 1 atom stereocenters. The van der Waals surface area contributed by atoms with Crippen LogP contribution in [0, 0.1) is 6.92 Å². The van der Waals surface area contributed by atoms with Crippen molar-refractivity contribution in [3.05, 3.63) is 47.3 Å². The summed E-state index contributed by atoms with van der Waals surface area (Å²) in [6, 6.07) is 8.13. The SMILES string of the molecule is Cc1cc(CN2CCN(C(=O)c3cccc(S(=O)(=O)NCC4CCCO4)c3)CC2)on1. The maximum absolute atomic E-state index is 13.0. The van der Waals surface area contributed by atoms with Gasteiger partial charge in [-0.1, -0.05) is 11.2 Å². The van der Waals surface area contributed by atoms with Gasteiger partial charge in [-0.25, -0.2) is 13.1 Å². The molecule has 1 aromatic carbocycles. The first kappa shape index (κ1) is 21.9. The molecule has 0 aliphatic carbocycles. The van der Waals surface area contributed by atoms with Crippen molar-refractivity contribution in [1.82, 2.24) is 19.7 Å². The molecule has 168 valence electrons. The van der Waals surface area contributed by atoms with E-state index in [0.29, 0.717) is 44.9 Å². The number of aryl methyl sites for hydroxylation is 1. The third-order valence-corrected chi connectivity index (χ3v) is 7.05. The monoisotopic (exact) mass is 448 g/mol. The fourth-order valence-corrected chi connectivity index (χ4v) is 5.00. The van der Waals surface area contributed by atoms with Gasteiger partial charge >= 0.3 is 0 Å². The maximum atomic E-state index is 13.0. The van der Waals surface area contributed by atoms with Gasteiger partial charge in [-0.2, -0.15) is 0 Å². The van der Waals surface area contributed by atoms with Gasteiger partial charge in [0.15, 0.2) is 5.76 Å². The molecule has 1 amide bonds. The summed E-state index contributed by atoms with van der Waals surface area (Å²) in [5.41, 5.74) is 1.23. The number of ether oxygens (including phenoxy) is 1. The smallest absolute Gasteiger partial charge is 0.253 e. The molecule has 2 aliphatic heterocycles. The molecule has 1 N–H and O–H groups in total. The highest BCUT2D eigenvalue weighted by atomic mass is 32.2. The van der Waals surface area contributed by atoms with E-state index in [9.17, 15) is 13.2 Å². The fraction of sp³-hybridized carbons (Fsp3) is 0.524. The summed E-state index contributed by atoms with van der Waals surface area (Å²) >= 11 is 0. The minimum absolute atomic E-state index is 0.0863. The first-order valence-corrected chi connectivity index (χ1v) is 12.0. The van der Waals surface area contributed by atoms with Crippen molar-refractivity contribution in [1.29, 1.82) is 0 Å². The second-order valence-electron chi connectivity index (χ2n) is 8.02. The molecule has 2 aromatic rings. The highest BCUT2D eigenvalue weighted by Gasteiger charge is 2.25. The van der Waals surface area contributed by atoms with Crippen LogP contribution in [0.3, 0.4) is 0 Å². The van der Waals surface area contributed by atoms with Crippen LogP contribution < -0.4 is 4.72 Å². The van der Waals surface area contributed by atoms with Crippen LogP contribution in [-0.2, 0) is 21.3 Å². The van der Waals surface area contributed by atoms with E-state index in [0.717, 1.165) is 24.3 Å². The van der Waals surface area contributed by atoms with E-state index in [4.69, 9.17) is 9.26 Å². The van der Waals surface area contributed by atoms with Gasteiger partial charge in [-0.3, -0.25) is 9.69 Å². The van der Waals surface area contributed by atoms with Gasteiger partial charge in [0.05, 0.1) is 23.2 Å². The van der Waals surface area contributed by atoms with Crippen LogP contribution >= 0.6 is 0 Å². The number of nitrogens with one attached hydrogen (secondary N) is 1. The third-order valence-electron chi connectivity index (χ3n) is 5.63. The predicted octanol–water partition coefficient (Wildman–Crippen LogP) is 1.40. The van der Waals surface area contributed by atoms with Gasteiger partial charge in [0.2, 0.25) is 10.0 Å². The van der Waals surface area contributed by atoms with Crippen LogP contribution in [0.25, 0.3) is 0 Å². The number of carbonyl (C=O) groups is 1. The van der Waals surface area contributed by atoms with Crippen LogP contribution in [0.4, 0.5) is 0 Å². The molecule has 2 fully saturated rings. The number of sulfonamides is 1. The van der Waals surface area contributed by atoms with E-state index in [1.165, 1.54) is 12.1 Å². The van der Waals surface area contributed by atoms with Crippen molar-refractivity contribution < 1.29 is 22.5 Å². The summed E-state index contributed by atoms with van der Waals surface area (Å²) in [5.74, 6) is 0.650. The number of nitrogens with zero attached hydrogens (tertiary/aromatic N) is 3. The molecule has 2 aliphatic rings. The maximum Gasteiger partial charge on any atom is 0.253 e. The Balaban J connectivity index is 1.34. The van der Waals surface area contributed by atoms with Gasteiger partial charge < -0.3 is 14.2 Å². The molecule has 0 saturated carbocycles. The zero-order chi connectivity index (χ0) is 21.8. The number of aromatic nitrogens is 1. The zero-order valence-corrected chi connectivity index (χ0v) is 18.4. The average Bonchev–Trinajstić information content (AvgIpc) is 3.44.